The number of methoxy groups -OCH3 is 1. The lowest BCUT2D eigenvalue weighted by atomic mass is 10.2. The monoisotopic (exact) mass is 524 g/mol. The second kappa shape index (κ2) is 12.3. The van der Waals surface area contributed by atoms with Crippen LogP contribution in [-0.4, -0.2) is 41.7 Å². The van der Waals surface area contributed by atoms with E-state index in [9.17, 15) is 8.42 Å². The summed E-state index contributed by atoms with van der Waals surface area (Å²) in [5, 5.41) is 8.44. The van der Waals surface area contributed by atoms with Crippen molar-refractivity contribution in [1.29, 1.82) is 0 Å². The third-order valence-electron chi connectivity index (χ3n) is 3.50. The number of nitrogens with one attached hydrogen (secondary N) is 3. The first-order valence-electron chi connectivity index (χ1n) is 8.09. The molecule has 0 unspecified atom stereocenters. The zero-order valence-electron chi connectivity index (χ0n) is 15.3. The zero-order chi connectivity index (χ0) is 18.8. The number of nitrogens with zero attached hydrogens (tertiary/aromatic N) is 1. The van der Waals surface area contributed by atoms with E-state index in [1.54, 1.807) is 36.6 Å². The Morgan fingerprint density at radius 2 is 1.96 bits per heavy atom. The van der Waals surface area contributed by atoms with E-state index in [2.05, 4.69) is 26.4 Å². The molecular weight excluding hydrogens is 499 g/mol. The summed E-state index contributed by atoms with van der Waals surface area (Å²) in [6.45, 7) is 1.72. The Hall–Kier alpha value is -1.21. The van der Waals surface area contributed by atoms with Crippen LogP contribution in [-0.2, 0) is 27.8 Å². The molecule has 0 fully saturated rings. The van der Waals surface area contributed by atoms with Gasteiger partial charge in [-0.2, -0.15) is 0 Å². The van der Waals surface area contributed by atoms with Gasteiger partial charge in [0.25, 0.3) is 0 Å². The van der Waals surface area contributed by atoms with E-state index in [0.717, 1.165) is 5.56 Å². The number of ether oxygens (including phenoxy) is 1. The van der Waals surface area contributed by atoms with E-state index in [0.29, 0.717) is 25.7 Å². The lowest BCUT2D eigenvalue weighted by Crippen LogP contribution is -2.36. The van der Waals surface area contributed by atoms with Gasteiger partial charge in [0.05, 0.1) is 18.0 Å². The first-order valence-corrected chi connectivity index (χ1v) is 10.5. The van der Waals surface area contributed by atoms with E-state index < -0.39 is 10.0 Å². The van der Waals surface area contributed by atoms with Crippen molar-refractivity contribution in [3.8, 4) is 0 Å². The van der Waals surface area contributed by atoms with Crippen molar-refractivity contribution >= 4 is 51.3 Å². The Kier molecular flexibility index (Phi) is 10.8. The van der Waals surface area contributed by atoms with Crippen LogP contribution in [0.2, 0.25) is 0 Å². The summed E-state index contributed by atoms with van der Waals surface area (Å²) in [4.78, 5) is 5.62. The van der Waals surface area contributed by atoms with Crippen molar-refractivity contribution < 1.29 is 13.2 Å². The topological polar surface area (TPSA) is 91.8 Å². The van der Waals surface area contributed by atoms with Crippen LogP contribution in [0.5, 0.6) is 0 Å². The Labute approximate surface area is 181 Å². The second-order valence-corrected chi connectivity index (χ2v) is 8.20. The quantitative estimate of drug-likeness (QED) is 0.203. The minimum atomic E-state index is -3.54. The van der Waals surface area contributed by atoms with Gasteiger partial charge in [-0.3, -0.25) is 4.99 Å². The van der Waals surface area contributed by atoms with Gasteiger partial charge >= 0.3 is 0 Å². The number of hydrogen-bond acceptors (Lipinski definition) is 5. The molecule has 1 heterocycles. The predicted molar refractivity (Wildman–Crippen MR) is 120 cm³/mol. The summed E-state index contributed by atoms with van der Waals surface area (Å²) >= 11 is 1.67. The van der Waals surface area contributed by atoms with Gasteiger partial charge in [-0.1, -0.05) is 18.2 Å². The highest BCUT2D eigenvalue weighted by atomic mass is 127. The maximum absolute atomic E-state index is 12.3. The summed E-state index contributed by atoms with van der Waals surface area (Å²) in [5.41, 5.74) is 0.846. The minimum absolute atomic E-state index is 0. The van der Waals surface area contributed by atoms with Gasteiger partial charge < -0.3 is 15.4 Å². The SMILES string of the molecule is CN=C(NCc1cccc(S(=O)(=O)NCCOC)c1)NCc1cccs1.I. The van der Waals surface area contributed by atoms with E-state index in [1.807, 2.05) is 17.5 Å². The molecule has 0 aliphatic carbocycles. The molecule has 1 aromatic heterocycles. The number of sulfonamides is 1. The molecule has 0 saturated heterocycles. The number of guanidine groups is 1. The van der Waals surface area contributed by atoms with Crippen molar-refractivity contribution in [2.24, 2.45) is 4.99 Å². The number of benzene rings is 1. The van der Waals surface area contributed by atoms with Gasteiger partial charge in [-0.05, 0) is 29.1 Å². The van der Waals surface area contributed by atoms with Crippen molar-refractivity contribution in [1.82, 2.24) is 15.4 Å². The lowest BCUT2D eigenvalue weighted by Gasteiger charge is -2.12. The lowest BCUT2D eigenvalue weighted by molar-refractivity contribution is 0.204. The van der Waals surface area contributed by atoms with Gasteiger partial charge in [0.2, 0.25) is 10.0 Å². The van der Waals surface area contributed by atoms with Crippen molar-refractivity contribution in [2.75, 3.05) is 27.3 Å². The first-order chi connectivity index (χ1) is 12.5. The third-order valence-corrected chi connectivity index (χ3v) is 5.84. The molecule has 7 nitrogen and oxygen atoms in total. The van der Waals surface area contributed by atoms with Gasteiger partial charge in [0.1, 0.15) is 0 Å². The number of halogens is 1. The Bertz CT molecular complexity index is 811. The average molecular weight is 524 g/mol. The summed E-state index contributed by atoms with van der Waals surface area (Å²) in [5.74, 6) is 0.657. The number of rotatable bonds is 9. The van der Waals surface area contributed by atoms with Crippen LogP contribution < -0.4 is 15.4 Å². The molecule has 2 aromatic rings. The van der Waals surface area contributed by atoms with Crippen molar-refractivity contribution in [3.63, 3.8) is 0 Å². The standard InChI is InChI=1S/C17H24N4O3S2.HI/c1-18-17(20-13-15-6-4-10-25-15)19-12-14-5-3-7-16(11-14)26(22,23)21-8-9-24-2;/h3-7,10-11,21H,8-9,12-13H2,1-2H3,(H2,18,19,20);1H. The third kappa shape index (κ3) is 8.13. The molecule has 0 bridgehead atoms. The highest BCUT2D eigenvalue weighted by Crippen LogP contribution is 2.11. The highest BCUT2D eigenvalue weighted by molar-refractivity contribution is 14.0. The smallest absolute Gasteiger partial charge is 0.240 e. The molecule has 3 N–H and O–H groups in total. The molecule has 0 radical (unpaired) electrons. The Morgan fingerprint density at radius 1 is 1.19 bits per heavy atom. The van der Waals surface area contributed by atoms with Crippen LogP contribution in [0.4, 0.5) is 0 Å². The summed E-state index contributed by atoms with van der Waals surface area (Å²) in [7, 11) is -0.315. The fourth-order valence-corrected chi connectivity index (χ4v) is 3.90. The van der Waals surface area contributed by atoms with E-state index in [4.69, 9.17) is 4.74 Å². The van der Waals surface area contributed by atoms with E-state index in [-0.39, 0.29) is 35.4 Å². The molecule has 1 aromatic carbocycles. The normalized spacial score (nSPS) is 11.7. The number of thiophene rings is 1. The van der Waals surface area contributed by atoms with Crippen LogP contribution >= 0.6 is 35.3 Å². The van der Waals surface area contributed by atoms with Crippen molar-refractivity contribution in [2.45, 2.75) is 18.0 Å². The van der Waals surface area contributed by atoms with Crippen LogP contribution in [0.25, 0.3) is 0 Å². The molecule has 0 amide bonds. The number of hydrogen-bond donors (Lipinski definition) is 3. The maximum atomic E-state index is 12.3. The molecule has 0 spiro atoms. The number of aliphatic imine (C=N–C) groups is 1. The molecule has 0 atom stereocenters. The van der Waals surface area contributed by atoms with Gasteiger partial charge in [0, 0.05) is 32.1 Å². The molecule has 10 heteroatoms. The van der Waals surface area contributed by atoms with E-state index in [1.165, 1.54) is 12.0 Å². The van der Waals surface area contributed by atoms with E-state index >= 15 is 0 Å². The van der Waals surface area contributed by atoms with Crippen LogP contribution in [0.1, 0.15) is 10.4 Å². The van der Waals surface area contributed by atoms with Crippen LogP contribution in [0, 0.1) is 0 Å². The fourth-order valence-electron chi connectivity index (χ4n) is 2.17. The Morgan fingerprint density at radius 3 is 2.63 bits per heavy atom. The second-order valence-electron chi connectivity index (χ2n) is 5.40. The predicted octanol–water partition coefficient (Wildman–Crippen LogP) is 2.16. The fraction of sp³-hybridized carbons (Fsp3) is 0.353. The molecule has 0 aliphatic heterocycles. The Balaban J connectivity index is 0.00000364. The van der Waals surface area contributed by atoms with Crippen LogP contribution in [0.15, 0.2) is 51.7 Å². The molecule has 27 heavy (non-hydrogen) atoms. The summed E-state index contributed by atoms with van der Waals surface area (Å²) in [6.07, 6.45) is 0. The molecular formula is C17H25IN4O3S2. The van der Waals surface area contributed by atoms with Crippen LogP contribution in [0.3, 0.4) is 0 Å². The maximum Gasteiger partial charge on any atom is 0.240 e. The van der Waals surface area contributed by atoms with Gasteiger partial charge in [-0.15, -0.1) is 35.3 Å². The highest BCUT2D eigenvalue weighted by Gasteiger charge is 2.13. The van der Waals surface area contributed by atoms with Gasteiger partial charge in [-0.25, -0.2) is 13.1 Å². The zero-order valence-corrected chi connectivity index (χ0v) is 19.2. The minimum Gasteiger partial charge on any atom is -0.383 e. The molecule has 2 rings (SSSR count). The van der Waals surface area contributed by atoms with Gasteiger partial charge in [0.15, 0.2) is 5.96 Å². The molecule has 150 valence electrons. The largest absolute Gasteiger partial charge is 0.383 e. The first kappa shape index (κ1) is 23.8. The summed E-state index contributed by atoms with van der Waals surface area (Å²) < 4.78 is 31.9. The molecule has 0 saturated carbocycles. The average Bonchev–Trinajstić information content (AvgIpc) is 3.16. The summed E-state index contributed by atoms with van der Waals surface area (Å²) in [6, 6.07) is 10.9. The molecule has 0 aliphatic rings. The van der Waals surface area contributed by atoms with Crippen molar-refractivity contribution in [3.05, 3.63) is 52.2 Å².